The molecule has 4 heteroatoms. The molecule has 0 heterocycles. The molecular weight excluding hydrogens is 204 g/mol. The van der Waals surface area contributed by atoms with Crippen LogP contribution >= 0.6 is 0 Å². The molecule has 16 heavy (non-hydrogen) atoms. The first kappa shape index (κ1) is 10.4. The van der Waals surface area contributed by atoms with Crippen LogP contribution in [-0.2, 0) is 0 Å². The summed E-state index contributed by atoms with van der Waals surface area (Å²) >= 11 is 0. The summed E-state index contributed by atoms with van der Waals surface area (Å²) in [7, 11) is 3.86. The first-order valence-electron chi connectivity index (χ1n) is 4.89. The van der Waals surface area contributed by atoms with Crippen LogP contribution in [0.25, 0.3) is 11.1 Å². The molecule has 0 radical (unpaired) electrons. The molecule has 0 aliphatic heterocycles. The molecule has 0 spiro atoms. The first-order chi connectivity index (χ1) is 7.52. The summed E-state index contributed by atoms with van der Waals surface area (Å²) in [5, 5.41) is 0. The maximum Gasteiger partial charge on any atom is 0.249 e. The van der Waals surface area contributed by atoms with E-state index in [9.17, 15) is 9.59 Å². The predicted octanol–water partition coefficient (Wildman–Crippen LogP) is 0.598. The fourth-order valence-corrected chi connectivity index (χ4v) is 1.62. The lowest BCUT2D eigenvalue weighted by molar-refractivity contribution is 1.13. The zero-order valence-corrected chi connectivity index (χ0v) is 9.15. The zero-order chi connectivity index (χ0) is 11.9. The lowest BCUT2D eigenvalue weighted by Crippen LogP contribution is -2.35. The van der Waals surface area contributed by atoms with Crippen molar-refractivity contribution >= 4 is 11.4 Å². The Hall–Kier alpha value is -2.10. The molecule has 0 bridgehead atoms. The number of nitrogen functional groups attached to an aromatic ring is 1. The third-order valence-electron chi connectivity index (χ3n) is 2.62. The van der Waals surface area contributed by atoms with Crippen molar-refractivity contribution in [3.63, 3.8) is 0 Å². The molecular formula is C12H12N2O2. The second-order valence-electron chi connectivity index (χ2n) is 3.89. The third-order valence-corrected chi connectivity index (χ3v) is 2.62. The van der Waals surface area contributed by atoms with E-state index in [1.807, 2.05) is 31.1 Å². The van der Waals surface area contributed by atoms with Gasteiger partial charge in [0.25, 0.3) is 0 Å². The van der Waals surface area contributed by atoms with Gasteiger partial charge in [0.2, 0.25) is 10.9 Å². The minimum absolute atomic E-state index is 0.0719. The molecule has 0 atom stereocenters. The minimum atomic E-state index is -0.577. The van der Waals surface area contributed by atoms with Crippen molar-refractivity contribution in [2.75, 3.05) is 24.7 Å². The molecule has 2 aromatic carbocycles. The summed E-state index contributed by atoms with van der Waals surface area (Å²) < 4.78 is 0. The van der Waals surface area contributed by atoms with E-state index in [1.54, 1.807) is 12.1 Å². The largest absolute Gasteiger partial charge is 0.395 e. The molecule has 0 saturated carbocycles. The molecule has 4 nitrogen and oxygen atoms in total. The molecule has 2 aromatic rings. The summed E-state index contributed by atoms with van der Waals surface area (Å²) in [4.78, 5) is 24.2. The van der Waals surface area contributed by atoms with Gasteiger partial charge in [0.05, 0.1) is 11.3 Å². The van der Waals surface area contributed by atoms with Crippen molar-refractivity contribution in [2.45, 2.75) is 0 Å². The Balaban J connectivity index is 2.44. The SMILES string of the molecule is CN(C)c1ccc(-c2c(N)c(=O)c2=O)cc1. The molecule has 0 fully saturated rings. The van der Waals surface area contributed by atoms with Crippen LogP contribution in [0.2, 0.25) is 0 Å². The molecule has 0 amide bonds. The van der Waals surface area contributed by atoms with Crippen LogP contribution in [0, 0.1) is 0 Å². The lowest BCUT2D eigenvalue weighted by atomic mass is 9.99. The third kappa shape index (κ3) is 1.39. The van der Waals surface area contributed by atoms with E-state index in [0.29, 0.717) is 11.1 Å². The van der Waals surface area contributed by atoms with Crippen molar-refractivity contribution in [1.29, 1.82) is 0 Å². The number of anilines is 2. The summed E-state index contributed by atoms with van der Waals surface area (Å²) in [5.74, 6) is 0. The highest BCUT2D eigenvalue weighted by atomic mass is 16.2. The smallest absolute Gasteiger partial charge is 0.249 e. The average Bonchev–Trinajstić information content (AvgIpc) is 2.29. The van der Waals surface area contributed by atoms with Crippen LogP contribution in [0.15, 0.2) is 33.9 Å². The zero-order valence-electron chi connectivity index (χ0n) is 9.15. The molecule has 0 unspecified atom stereocenters. The number of hydrogen-bond acceptors (Lipinski definition) is 4. The van der Waals surface area contributed by atoms with Gasteiger partial charge in [0, 0.05) is 19.8 Å². The fourth-order valence-electron chi connectivity index (χ4n) is 1.62. The second-order valence-corrected chi connectivity index (χ2v) is 3.89. The van der Waals surface area contributed by atoms with Crippen molar-refractivity contribution < 1.29 is 0 Å². The van der Waals surface area contributed by atoms with Crippen molar-refractivity contribution in [3.8, 4) is 11.1 Å². The van der Waals surface area contributed by atoms with Gasteiger partial charge in [-0.1, -0.05) is 12.1 Å². The molecule has 0 aliphatic carbocycles. The second kappa shape index (κ2) is 3.48. The Kier molecular flexibility index (Phi) is 2.27. The van der Waals surface area contributed by atoms with Gasteiger partial charge in [-0.15, -0.1) is 0 Å². The van der Waals surface area contributed by atoms with Gasteiger partial charge in [0.15, 0.2) is 0 Å². The number of benzene rings is 1. The topological polar surface area (TPSA) is 63.4 Å². The van der Waals surface area contributed by atoms with Crippen molar-refractivity contribution in [1.82, 2.24) is 0 Å². The molecule has 0 aromatic heterocycles. The van der Waals surface area contributed by atoms with Gasteiger partial charge < -0.3 is 10.6 Å². The Bertz CT molecular complexity index is 590. The number of hydrogen-bond donors (Lipinski definition) is 1. The van der Waals surface area contributed by atoms with Gasteiger partial charge in [-0.2, -0.15) is 0 Å². The van der Waals surface area contributed by atoms with Crippen LogP contribution in [0.3, 0.4) is 0 Å². The Morgan fingerprint density at radius 1 is 1.00 bits per heavy atom. The minimum Gasteiger partial charge on any atom is -0.395 e. The summed E-state index contributed by atoms with van der Waals surface area (Å²) in [5.41, 5.74) is 6.56. The van der Waals surface area contributed by atoms with Crippen LogP contribution in [0.1, 0.15) is 0 Å². The van der Waals surface area contributed by atoms with Crippen LogP contribution in [0.4, 0.5) is 11.4 Å². The Labute approximate surface area is 92.6 Å². The summed E-state index contributed by atoms with van der Waals surface area (Å²) in [6, 6.07) is 7.35. The van der Waals surface area contributed by atoms with E-state index < -0.39 is 10.9 Å². The van der Waals surface area contributed by atoms with E-state index in [4.69, 9.17) is 5.73 Å². The number of nitrogens with two attached hydrogens (primary N) is 1. The van der Waals surface area contributed by atoms with Gasteiger partial charge in [-0.25, -0.2) is 0 Å². The van der Waals surface area contributed by atoms with E-state index >= 15 is 0 Å². The van der Waals surface area contributed by atoms with E-state index in [1.165, 1.54) is 0 Å². The quantitative estimate of drug-likeness (QED) is 0.746. The Morgan fingerprint density at radius 3 is 2.00 bits per heavy atom. The summed E-state index contributed by atoms with van der Waals surface area (Å²) in [6.45, 7) is 0. The highest BCUT2D eigenvalue weighted by Crippen LogP contribution is 2.23. The molecule has 0 aliphatic rings. The fraction of sp³-hybridized carbons (Fsp3) is 0.167. The van der Waals surface area contributed by atoms with E-state index in [0.717, 1.165) is 5.69 Å². The standard InChI is InChI=1S/C12H12N2O2/c1-14(2)8-5-3-7(4-6-8)9-10(13)12(16)11(9)15/h3-6H,13H2,1-2H3. The normalized spacial score (nSPS) is 10.6. The van der Waals surface area contributed by atoms with Crippen molar-refractivity contribution in [2.24, 2.45) is 0 Å². The van der Waals surface area contributed by atoms with Gasteiger partial charge >= 0.3 is 0 Å². The molecule has 82 valence electrons. The molecule has 2 N–H and O–H groups in total. The van der Waals surface area contributed by atoms with Crippen molar-refractivity contribution in [3.05, 3.63) is 44.7 Å². The Morgan fingerprint density at radius 2 is 1.56 bits per heavy atom. The first-order valence-corrected chi connectivity index (χ1v) is 4.89. The van der Waals surface area contributed by atoms with Crippen LogP contribution < -0.4 is 21.5 Å². The van der Waals surface area contributed by atoms with Crippen LogP contribution in [0.5, 0.6) is 0 Å². The number of nitrogens with zero attached hydrogens (tertiary/aromatic N) is 1. The van der Waals surface area contributed by atoms with Gasteiger partial charge in [-0.05, 0) is 17.7 Å². The average molecular weight is 216 g/mol. The van der Waals surface area contributed by atoms with Crippen LogP contribution in [-0.4, -0.2) is 14.1 Å². The van der Waals surface area contributed by atoms with E-state index in [-0.39, 0.29) is 5.69 Å². The van der Waals surface area contributed by atoms with E-state index in [2.05, 4.69) is 0 Å². The monoisotopic (exact) mass is 216 g/mol. The van der Waals surface area contributed by atoms with Gasteiger partial charge in [0.1, 0.15) is 0 Å². The molecule has 0 saturated heterocycles. The highest BCUT2D eigenvalue weighted by molar-refractivity contribution is 5.80. The lowest BCUT2D eigenvalue weighted by Gasteiger charge is -2.13. The number of rotatable bonds is 2. The molecule has 2 rings (SSSR count). The summed E-state index contributed by atoms with van der Waals surface area (Å²) in [6.07, 6.45) is 0. The van der Waals surface area contributed by atoms with Gasteiger partial charge in [-0.3, -0.25) is 9.59 Å². The maximum atomic E-state index is 11.3. The predicted molar refractivity (Wildman–Crippen MR) is 65.5 cm³/mol. The highest BCUT2D eigenvalue weighted by Gasteiger charge is 2.19. The maximum absolute atomic E-state index is 11.3.